The van der Waals surface area contributed by atoms with Crippen LogP contribution in [0.2, 0.25) is 0 Å². The van der Waals surface area contributed by atoms with E-state index in [1.807, 2.05) is 41.8 Å². The summed E-state index contributed by atoms with van der Waals surface area (Å²) < 4.78 is 1.97. The molecule has 0 bridgehead atoms. The zero-order valence-corrected chi connectivity index (χ0v) is 17.1. The van der Waals surface area contributed by atoms with E-state index in [0.29, 0.717) is 13.1 Å². The average Bonchev–Trinajstić information content (AvgIpc) is 3.29. The molecule has 0 aliphatic carbocycles. The Kier molecular flexibility index (Phi) is 7.86. The highest BCUT2D eigenvalue weighted by atomic mass is 127. The van der Waals surface area contributed by atoms with Gasteiger partial charge in [-0.3, -0.25) is 4.57 Å². The maximum absolute atomic E-state index is 4.60. The maximum Gasteiger partial charge on any atom is 0.191 e. The predicted octanol–water partition coefficient (Wildman–Crippen LogP) is 3.20. The van der Waals surface area contributed by atoms with Gasteiger partial charge in [-0.15, -0.1) is 34.2 Å². The molecule has 1 aromatic carbocycles. The first-order chi connectivity index (χ1) is 11.9. The Balaban J connectivity index is 0.00000225. The first-order valence-corrected chi connectivity index (χ1v) is 8.78. The highest BCUT2D eigenvalue weighted by Crippen LogP contribution is 2.09. The minimum Gasteiger partial charge on any atom is -0.357 e. The Bertz CT molecular complexity index is 770. The number of thiophene rings is 1. The standard InChI is InChI=1S/C17H20N6S.HI/c1-2-18-17(19-10-14-8-9-24-12-14)20-11-16-22-21-13-23(16)15-6-4-3-5-7-15;/h3-9,12-13H,2,10-11H2,1H3,(H2,18,19,20);1H. The van der Waals surface area contributed by atoms with Crippen LogP contribution in [0, 0.1) is 0 Å². The van der Waals surface area contributed by atoms with Crippen molar-refractivity contribution in [3.8, 4) is 5.69 Å². The third-order valence-corrected chi connectivity index (χ3v) is 4.14. The molecule has 0 aliphatic heterocycles. The van der Waals surface area contributed by atoms with Gasteiger partial charge in [0.05, 0.1) is 13.1 Å². The number of halogens is 1. The predicted molar refractivity (Wildman–Crippen MR) is 113 cm³/mol. The molecule has 132 valence electrons. The molecule has 2 aromatic heterocycles. The minimum atomic E-state index is 0. The largest absolute Gasteiger partial charge is 0.357 e. The second kappa shape index (κ2) is 10.1. The van der Waals surface area contributed by atoms with Crippen molar-refractivity contribution in [1.29, 1.82) is 0 Å². The number of hydrogen-bond donors (Lipinski definition) is 2. The number of aromatic nitrogens is 3. The molecular formula is C17H21IN6S. The summed E-state index contributed by atoms with van der Waals surface area (Å²) in [4.78, 5) is 4.60. The molecule has 3 aromatic rings. The lowest BCUT2D eigenvalue weighted by atomic mass is 10.3. The molecule has 3 rings (SSSR count). The number of benzene rings is 1. The van der Waals surface area contributed by atoms with Crippen molar-refractivity contribution in [2.75, 3.05) is 6.54 Å². The highest BCUT2D eigenvalue weighted by Gasteiger charge is 2.07. The number of para-hydroxylation sites is 1. The topological polar surface area (TPSA) is 67.1 Å². The smallest absolute Gasteiger partial charge is 0.191 e. The van der Waals surface area contributed by atoms with E-state index in [9.17, 15) is 0 Å². The summed E-state index contributed by atoms with van der Waals surface area (Å²) in [6.45, 7) is 4.06. The Labute approximate surface area is 168 Å². The molecule has 25 heavy (non-hydrogen) atoms. The molecular weight excluding hydrogens is 447 g/mol. The van der Waals surface area contributed by atoms with Gasteiger partial charge in [0, 0.05) is 12.2 Å². The van der Waals surface area contributed by atoms with E-state index in [1.54, 1.807) is 17.7 Å². The summed E-state index contributed by atoms with van der Waals surface area (Å²) in [5, 5.41) is 19.0. The van der Waals surface area contributed by atoms with Crippen LogP contribution < -0.4 is 10.6 Å². The number of guanidine groups is 1. The van der Waals surface area contributed by atoms with Crippen molar-refractivity contribution < 1.29 is 0 Å². The molecule has 8 heteroatoms. The van der Waals surface area contributed by atoms with Crippen LogP contribution in [-0.4, -0.2) is 27.3 Å². The molecule has 2 N–H and O–H groups in total. The van der Waals surface area contributed by atoms with E-state index in [4.69, 9.17) is 0 Å². The Hall–Kier alpha value is -1.94. The maximum atomic E-state index is 4.60. The molecule has 6 nitrogen and oxygen atoms in total. The summed E-state index contributed by atoms with van der Waals surface area (Å²) in [6.07, 6.45) is 1.72. The summed E-state index contributed by atoms with van der Waals surface area (Å²) >= 11 is 1.68. The van der Waals surface area contributed by atoms with Gasteiger partial charge in [0.15, 0.2) is 11.8 Å². The lowest BCUT2D eigenvalue weighted by Gasteiger charge is -2.12. The molecule has 0 fully saturated rings. The van der Waals surface area contributed by atoms with Gasteiger partial charge in [0.1, 0.15) is 6.33 Å². The van der Waals surface area contributed by atoms with Crippen molar-refractivity contribution >= 4 is 41.3 Å². The van der Waals surface area contributed by atoms with Gasteiger partial charge in [-0.2, -0.15) is 11.3 Å². The molecule has 0 spiro atoms. The lowest BCUT2D eigenvalue weighted by Crippen LogP contribution is -2.37. The van der Waals surface area contributed by atoms with Crippen molar-refractivity contribution in [1.82, 2.24) is 25.4 Å². The van der Waals surface area contributed by atoms with Gasteiger partial charge in [-0.05, 0) is 41.4 Å². The fourth-order valence-electron chi connectivity index (χ4n) is 2.24. The first-order valence-electron chi connectivity index (χ1n) is 7.84. The average molecular weight is 468 g/mol. The van der Waals surface area contributed by atoms with Crippen LogP contribution in [0.4, 0.5) is 0 Å². The zero-order chi connectivity index (χ0) is 16.6. The third kappa shape index (κ3) is 5.53. The Morgan fingerprint density at radius 2 is 2.04 bits per heavy atom. The number of rotatable bonds is 6. The van der Waals surface area contributed by atoms with E-state index < -0.39 is 0 Å². The third-order valence-electron chi connectivity index (χ3n) is 3.41. The fraction of sp³-hybridized carbons (Fsp3) is 0.235. The molecule has 2 heterocycles. The Morgan fingerprint density at radius 3 is 2.76 bits per heavy atom. The van der Waals surface area contributed by atoms with Crippen LogP contribution in [0.25, 0.3) is 5.69 Å². The van der Waals surface area contributed by atoms with Crippen LogP contribution in [-0.2, 0) is 13.1 Å². The summed E-state index contributed by atoms with van der Waals surface area (Å²) in [5.41, 5.74) is 2.25. The van der Waals surface area contributed by atoms with Crippen LogP contribution in [0.1, 0.15) is 18.3 Å². The van der Waals surface area contributed by atoms with Crippen LogP contribution in [0.15, 0.2) is 58.5 Å². The number of aliphatic imine (C=N–C) groups is 1. The van der Waals surface area contributed by atoms with Crippen LogP contribution in [0.3, 0.4) is 0 Å². The van der Waals surface area contributed by atoms with Crippen LogP contribution >= 0.6 is 35.3 Å². The van der Waals surface area contributed by atoms with Gasteiger partial charge in [-0.25, -0.2) is 4.99 Å². The van der Waals surface area contributed by atoms with Gasteiger partial charge in [0.25, 0.3) is 0 Å². The molecule has 0 saturated heterocycles. The summed E-state index contributed by atoms with van der Waals surface area (Å²) in [6, 6.07) is 12.1. The molecule has 0 radical (unpaired) electrons. The van der Waals surface area contributed by atoms with Crippen molar-refractivity contribution in [2.24, 2.45) is 4.99 Å². The minimum absolute atomic E-state index is 0. The van der Waals surface area contributed by atoms with E-state index in [1.165, 1.54) is 5.56 Å². The van der Waals surface area contributed by atoms with Crippen molar-refractivity contribution in [3.63, 3.8) is 0 Å². The van der Waals surface area contributed by atoms with Gasteiger partial charge >= 0.3 is 0 Å². The monoisotopic (exact) mass is 468 g/mol. The van der Waals surface area contributed by atoms with Crippen molar-refractivity contribution in [3.05, 3.63) is 64.9 Å². The van der Waals surface area contributed by atoms with Crippen LogP contribution in [0.5, 0.6) is 0 Å². The highest BCUT2D eigenvalue weighted by molar-refractivity contribution is 14.0. The molecule has 0 aliphatic rings. The van der Waals surface area contributed by atoms with Gasteiger partial charge < -0.3 is 10.6 Å². The second-order valence-corrected chi connectivity index (χ2v) is 5.91. The van der Waals surface area contributed by atoms with E-state index in [0.717, 1.165) is 24.0 Å². The number of nitrogens with one attached hydrogen (secondary N) is 2. The second-order valence-electron chi connectivity index (χ2n) is 5.13. The van der Waals surface area contributed by atoms with E-state index in [-0.39, 0.29) is 24.0 Å². The molecule has 0 saturated carbocycles. The van der Waals surface area contributed by atoms with E-state index in [2.05, 4.69) is 42.6 Å². The summed E-state index contributed by atoms with van der Waals surface area (Å²) in [7, 11) is 0. The molecule has 0 amide bonds. The quantitative estimate of drug-likeness (QED) is 0.331. The molecule has 0 atom stereocenters. The molecule has 0 unspecified atom stereocenters. The van der Waals surface area contributed by atoms with E-state index >= 15 is 0 Å². The summed E-state index contributed by atoms with van der Waals surface area (Å²) in [5.74, 6) is 1.61. The number of nitrogens with zero attached hydrogens (tertiary/aromatic N) is 4. The first kappa shape index (κ1) is 19.4. The zero-order valence-electron chi connectivity index (χ0n) is 13.9. The SMILES string of the molecule is CCNC(=NCc1ccsc1)NCc1nncn1-c1ccccc1.I. The van der Waals surface area contributed by atoms with Gasteiger partial charge in [0.2, 0.25) is 0 Å². The van der Waals surface area contributed by atoms with Crippen molar-refractivity contribution in [2.45, 2.75) is 20.0 Å². The normalized spacial score (nSPS) is 11.0. The lowest BCUT2D eigenvalue weighted by molar-refractivity contribution is 0.756. The number of hydrogen-bond acceptors (Lipinski definition) is 4. The van der Waals surface area contributed by atoms with Gasteiger partial charge in [-0.1, -0.05) is 18.2 Å². The fourth-order valence-corrected chi connectivity index (χ4v) is 2.90. The Morgan fingerprint density at radius 1 is 1.20 bits per heavy atom.